The van der Waals surface area contributed by atoms with E-state index >= 15 is 0 Å². The van der Waals surface area contributed by atoms with Gasteiger partial charge in [-0.3, -0.25) is 14.4 Å². The van der Waals surface area contributed by atoms with Gasteiger partial charge in [-0.15, -0.1) is 0 Å². The van der Waals surface area contributed by atoms with E-state index in [0.717, 1.165) is 5.56 Å². The number of carbonyl (C=O) groups excluding carboxylic acids is 2. The number of hydrogen-bond acceptors (Lipinski definition) is 5. The van der Waals surface area contributed by atoms with Crippen molar-refractivity contribution in [1.29, 1.82) is 0 Å². The van der Waals surface area contributed by atoms with Crippen molar-refractivity contribution in [2.45, 2.75) is 24.9 Å². The minimum absolute atomic E-state index is 0.0917. The van der Waals surface area contributed by atoms with Crippen molar-refractivity contribution in [2.24, 2.45) is 5.73 Å². The van der Waals surface area contributed by atoms with Gasteiger partial charge in [-0.25, -0.2) is 4.79 Å². The van der Waals surface area contributed by atoms with Crippen molar-refractivity contribution >= 4 is 23.8 Å². The van der Waals surface area contributed by atoms with Gasteiger partial charge in [0.05, 0.1) is 19.0 Å². The van der Waals surface area contributed by atoms with Gasteiger partial charge in [-0.2, -0.15) is 0 Å². The molecule has 0 aromatic heterocycles. The zero-order chi connectivity index (χ0) is 18.1. The lowest BCUT2D eigenvalue weighted by molar-refractivity contribution is -0.142. The second kappa shape index (κ2) is 9.26. The van der Waals surface area contributed by atoms with Crippen molar-refractivity contribution in [2.75, 3.05) is 6.54 Å². The van der Waals surface area contributed by atoms with Gasteiger partial charge in [0.1, 0.15) is 6.04 Å². The van der Waals surface area contributed by atoms with E-state index in [9.17, 15) is 19.2 Å². The van der Waals surface area contributed by atoms with E-state index in [1.807, 2.05) is 0 Å². The first-order chi connectivity index (χ1) is 11.3. The molecule has 2 atom stereocenters. The molecule has 0 unspecified atom stereocenters. The molecule has 9 heteroatoms. The van der Waals surface area contributed by atoms with E-state index < -0.39 is 48.8 Å². The van der Waals surface area contributed by atoms with Gasteiger partial charge >= 0.3 is 11.9 Å². The molecule has 1 aromatic rings. The van der Waals surface area contributed by atoms with Gasteiger partial charge in [0, 0.05) is 6.42 Å². The van der Waals surface area contributed by atoms with Crippen molar-refractivity contribution in [3.8, 4) is 0 Å². The van der Waals surface area contributed by atoms with Crippen molar-refractivity contribution in [3.05, 3.63) is 35.9 Å². The number of nitrogens with one attached hydrogen (secondary N) is 2. The Kier molecular flexibility index (Phi) is 7.37. The fourth-order valence-corrected chi connectivity index (χ4v) is 1.87. The predicted octanol–water partition coefficient (Wildman–Crippen LogP) is -1.28. The van der Waals surface area contributed by atoms with Gasteiger partial charge in [-0.05, 0) is 5.56 Å². The Labute approximate surface area is 137 Å². The molecule has 9 nitrogen and oxygen atoms in total. The Morgan fingerprint density at radius 3 is 2.25 bits per heavy atom. The van der Waals surface area contributed by atoms with Crippen molar-refractivity contribution in [3.63, 3.8) is 0 Å². The summed E-state index contributed by atoms with van der Waals surface area (Å²) in [5.41, 5.74) is 6.07. The molecule has 2 amide bonds. The van der Waals surface area contributed by atoms with Crippen LogP contribution in [0.3, 0.4) is 0 Å². The summed E-state index contributed by atoms with van der Waals surface area (Å²) in [6.07, 6.45) is -0.479. The molecular formula is C15H19N3O6. The number of benzene rings is 1. The number of amides is 2. The maximum Gasteiger partial charge on any atom is 0.326 e. The van der Waals surface area contributed by atoms with Crippen LogP contribution in [0, 0.1) is 0 Å². The Morgan fingerprint density at radius 2 is 1.71 bits per heavy atom. The standard InChI is InChI=1S/C15H19N3O6/c16-10(7-13(20)21)14(22)17-8-12(19)18-11(15(23)24)6-9-4-2-1-3-5-9/h1-5,10-11H,6-8,16H2,(H,17,22)(H,18,19)(H,20,21)(H,23,24)/t10-,11-/m0/s1. The number of carboxylic acid groups (broad SMARTS) is 2. The third-order valence-electron chi connectivity index (χ3n) is 3.07. The third-order valence-corrected chi connectivity index (χ3v) is 3.07. The first-order valence-electron chi connectivity index (χ1n) is 7.10. The quantitative estimate of drug-likeness (QED) is 0.375. The van der Waals surface area contributed by atoms with Gasteiger partial charge in [0.25, 0.3) is 0 Å². The third kappa shape index (κ3) is 6.88. The molecule has 0 fully saturated rings. The maximum absolute atomic E-state index is 11.8. The van der Waals surface area contributed by atoms with Crippen LogP contribution >= 0.6 is 0 Å². The molecule has 0 aliphatic rings. The van der Waals surface area contributed by atoms with Crippen LogP contribution < -0.4 is 16.4 Å². The van der Waals surface area contributed by atoms with Crippen LogP contribution in [0.5, 0.6) is 0 Å². The Bertz CT molecular complexity index is 604. The summed E-state index contributed by atoms with van der Waals surface area (Å²) in [5.74, 6) is -3.96. The SMILES string of the molecule is N[C@@H](CC(=O)O)C(=O)NCC(=O)N[C@@H](Cc1ccccc1)C(=O)O. The van der Waals surface area contributed by atoms with Crippen LogP contribution in [-0.2, 0) is 25.6 Å². The lowest BCUT2D eigenvalue weighted by Crippen LogP contribution is -2.49. The largest absolute Gasteiger partial charge is 0.481 e. The molecule has 1 aromatic carbocycles. The molecule has 130 valence electrons. The van der Waals surface area contributed by atoms with E-state index in [1.165, 1.54) is 0 Å². The number of aliphatic carboxylic acids is 2. The number of carbonyl (C=O) groups is 4. The smallest absolute Gasteiger partial charge is 0.326 e. The van der Waals surface area contributed by atoms with Crippen LogP contribution in [0.1, 0.15) is 12.0 Å². The summed E-state index contributed by atoms with van der Waals surface area (Å²) in [5, 5.41) is 22.1. The maximum atomic E-state index is 11.8. The molecular weight excluding hydrogens is 318 g/mol. The fourth-order valence-electron chi connectivity index (χ4n) is 1.87. The van der Waals surface area contributed by atoms with Crippen LogP contribution in [0.4, 0.5) is 0 Å². The summed E-state index contributed by atoms with van der Waals surface area (Å²) in [6.45, 7) is -0.495. The zero-order valence-corrected chi connectivity index (χ0v) is 12.8. The molecule has 0 saturated heterocycles. The highest BCUT2D eigenvalue weighted by Gasteiger charge is 2.22. The number of rotatable bonds is 9. The highest BCUT2D eigenvalue weighted by molar-refractivity contribution is 5.90. The molecule has 1 rings (SSSR count). The second-order valence-electron chi connectivity index (χ2n) is 5.07. The number of nitrogens with two attached hydrogens (primary N) is 1. The van der Waals surface area contributed by atoms with Crippen molar-refractivity contribution < 1.29 is 29.4 Å². The van der Waals surface area contributed by atoms with E-state index in [4.69, 9.17) is 15.9 Å². The molecule has 0 saturated carbocycles. The van der Waals surface area contributed by atoms with Gasteiger partial charge in [-0.1, -0.05) is 30.3 Å². The van der Waals surface area contributed by atoms with Crippen LogP contribution in [0.15, 0.2) is 30.3 Å². The monoisotopic (exact) mass is 337 g/mol. The average Bonchev–Trinajstić information content (AvgIpc) is 2.52. The highest BCUT2D eigenvalue weighted by atomic mass is 16.4. The van der Waals surface area contributed by atoms with E-state index in [-0.39, 0.29) is 6.42 Å². The molecule has 0 spiro atoms. The minimum atomic E-state index is -1.28. The zero-order valence-electron chi connectivity index (χ0n) is 12.8. The second-order valence-corrected chi connectivity index (χ2v) is 5.07. The summed E-state index contributed by atoms with van der Waals surface area (Å²) in [7, 11) is 0. The molecule has 0 aliphatic heterocycles. The topological polar surface area (TPSA) is 159 Å². The van der Waals surface area contributed by atoms with Crippen LogP contribution in [0.25, 0.3) is 0 Å². The molecule has 0 radical (unpaired) electrons. The van der Waals surface area contributed by atoms with Crippen LogP contribution in [-0.4, -0.2) is 52.6 Å². The first kappa shape index (κ1) is 19.1. The number of carboxylic acids is 2. The predicted molar refractivity (Wildman–Crippen MR) is 83.0 cm³/mol. The van der Waals surface area contributed by atoms with E-state index in [2.05, 4.69) is 10.6 Å². The summed E-state index contributed by atoms with van der Waals surface area (Å²) >= 11 is 0. The number of hydrogen-bond donors (Lipinski definition) is 5. The minimum Gasteiger partial charge on any atom is -0.481 e. The van der Waals surface area contributed by atoms with Gasteiger partial charge in [0.2, 0.25) is 11.8 Å². The molecule has 24 heavy (non-hydrogen) atoms. The molecule has 0 bridgehead atoms. The Balaban J connectivity index is 2.50. The van der Waals surface area contributed by atoms with Crippen molar-refractivity contribution in [1.82, 2.24) is 10.6 Å². The summed E-state index contributed by atoms with van der Waals surface area (Å²) in [6, 6.07) is 6.32. The normalized spacial score (nSPS) is 12.7. The average molecular weight is 337 g/mol. The molecule has 6 N–H and O–H groups in total. The lowest BCUT2D eigenvalue weighted by Gasteiger charge is -2.15. The Morgan fingerprint density at radius 1 is 1.08 bits per heavy atom. The highest BCUT2D eigenvalue weighted by Crippen LogP contribution is 2.03. The first-order valence-corrected chi connectivity index (χ1v) is 7.10. The van der Waals surface area contributed by atoms with Gasteiger partial charge in [0.15, 0.2) is 0 Å². The summed E-state index contributed by atoms with van der Waals surface area (Å²) in [4.78, 5) is 44.9. The molecule has 0 aliphatic carbocycles. The van der Waals surface area contributed by atoms with Crippen LogP contribution in [0.2, 0.25) is 0 Å². The molecule has 0 heterocycles. The summed E-state index contributed by atoms with van der Waals surface area (Å²) < 4.78 is 0. The fraction of sp³-hybridized carbons (Fsp3) is 0.333. The lowest BCUT2D eigenvalue weighted by atomic mass is 10.1. The van der Waals surface area contributed by atoms with Gasteiger partial charge < -0.3 is 26.6 Å². The van der Waals surface area contributed by atoms with E-state index in [1.54, 1.807) is 30.3 Å². The van der Waals surface area contributed by atoms with E-state index in [0.29, 0.717) is 0 Å². The Hall–Kier alpha value is -2.94.